The second-order valence-corrected chi connectivity index (χ2v) is 3.22. The van der Waals surface area contributed by atoms with E-state index < -0.39 is 0 Å². The van der Waals surface area contributed by atoms with E-state index in [2.05, 4.69) is 5.43 Å². The quantitative estimate of drug-likeness (QED) is 0.383. The first-order valence-corrected chi connectivity index (χ1v) is 4.52. The zero-order valence-corrected chi connectivity index (χ0v) is 7.75. The summed E-state index contributed by atoms with van der Waals surface area (Å²) in [6.45, 7) is 1.25. The third-order valence-electron chi connectivity index (χ3n) is 2.40. The van der Waals surface area contributed by atoms with Crippen molar-refractivity contribution in [1.29, 1.82) is 0 Å². The Morgan fingerprint density at radius 3 is 3.14 bits per heavy atom. The molecule has 0 saturated heterocycles. The van der Waals surface area contributed by atoms with Crippen molar-refractivity contribution in [3.63, 3.8) is 0 Å². The van der Waals surface area contributed by atoms with Crippen molar-refractivity contribution in [2.45, 2.75) is 13.0 Å². The number of benzene rings is 1. The Morgan fingerprint density at radius 2 is 2.36 bits per heavy atom. The Hall–Kier alpha value is -1.39. The summed E-state index contributed by atoms with van der Waals surface area (Å²) in [4.78, 5) is 11.4. The van der Waals surface area contributed by atoms with Crippen LogP contribution in [0.15, 0.2) is 18.2 Å². The SMILES string of the molecule is NNC(=O)c1cccc2c1CCOC2. The van der Waals surface area contributed by atoms with Crippen LogP contribution < -0.4 is 11.3 Å². The number of carbonyl (C=O) groups excluding carboxylic acids is 1. The van der Waals surface area contributed by atoms with E-state index in [-0.39, 0.29) is 5.91 Å². The Bertz CT molecular complexity index is 363. The molecule has 1 aliphatic rings. The fourth-order valence-corrected chi connectivity index (χ4v) is 1.71. The number of hydrogen-bond donors (Lipinski definition) is 2. The lowest BCUT2D eigenvalue weighted by Gasteiger charge is -2.18. The van der Waals surface area contributed by atoms with Gasteiger partial charge in [-0.15, -0.1) is 0 Å². The molecule has 2 rings (SSSR count). The summed E-state index contributed by atoms with van der Waals surface area (Å²) in [7, 11) is 0. The molecule has 0 aliphatic carbocycles. The van der Waals surface area contributed by atoms with Crippen molar-refractivity contribution in [2.75, 3.05) is 6.61 Å². The number of nitrogen functional groups attached to an aromatic ring is 1. The predicted octanol–water partition coefficient (Wildman–Crippen LogP) is 0.363. The molecule has 3 N–H and O–H groups in total. The highest BCUT2D eigenvalue weighted by Crippen LogP contribution is 2.20. The predicted molar refractivity (Wildman–Crippen MR) is 51.5 cm³/mol. The molecule has 4 nitrogen and oxygen atoms in total. The number of ether oxygens (including phenoxy) is 1. The van der Waals surface area contributed by atoms with Crippen LogP contribution in [0.3, 0.4) is 0 Å². The van der Waals surface area contributed by atoms with Crippen molar-refractivity contribution in [3.8, 4) is 0 Å². The topological polar surface area (TPSA) is 64.3 Å². The van der Waals surface area contributed by atoms with Crippen molar-refractivity contribution in [3.05, 3.63) is 34.9 Å². The monoisotopic (exact) mass is 192 g/mol. The molecule has 74 valence electrons. The van der Waals surface area contributed by atoms with Crippen LogP contribution in [0.5, 0.6) is 0 Å². The summed E-state index contributed by atoms with van der Waals surface area (Å²) in [6.07, 6.45) is 0.777. The van der Waals surface area contributed by atoms with E-state index in [1.165, 1.54) is 0 Å². The van der Waals surface area contributed by atoms with Crippen LogP contribution in [0, 0.1) is 0 Å². The minimum Gasteiger partial charge on any atom is -0.376 e. The number of fused-ring (bicyclic) bond motifs is 1. The fourth-order valence-electron chi connectivity index (χ4n) is 1.71. The zero-order chi connectivity index (χ0) is 9.97. The average molecular weight is 192 g/mol. The van der Waals surface area contributed by atoms with Gasteiger partial charge in [-0.1, -0.05) is 12.1 Å². The molecule has 0 aromatic heterocycles. The normalized spacial score (nSPS) is 14.6. The maximum Gasteiger partial charge on any atom is 0.265 e. The molecular formula is C10H12N2O2. The van der Waals surface area contributed by atoms with E-state index in [0.29, 0.717) is 18.8 Å². The number of hydrogen-bond acceptors (Lipinski definition) is 3. The molecule has 0 radical (unpaired) electrons. The number of nitrogens with two attached hydrogens (primary N) is 1. The van der Waals surface area contributed by atoms with Gasteiger partial charge in [-0.3, -0.25) is 10.2 Å². The lowest BCUT2D eigenvalue weighted by Crippen LogP contribution is -2.31. The van der Waals surface area contributed by atoms with Crippen LogP contribution in [0.4, 0.5) is 0 Å². The van der Waals surface area contributed by atoms with Gasteiger partial charge in [0.15, 0.2) is 0 Å². The number of carbonyl (C=O) groups is 1. The summed E-state index contributed by atoms with van der Waals surface area (Å²) >= 11 is 0. The van der Waals surface area contributed by atoms with E-state index >= 15 is 0 Å². The molecule has 0 saturated carbocycles. The molecule has 1 heterocycles. The molecule has 4 heteroatoms. The number of nitrogens with one attached hydrogen (secondary N) is 1. The minimum absolute atomic E-state index is 0.233. The summed E-state index contributed by atoms with van der Waals surface area (Å²) in [5, 5.41) is 0. The number of rotatable bonds is 1. The van der Waals surface area contributed by atoms with Crippen LogP contribution in [-0.4, -0.2) is 12.5 Å². The van der Waals surface area contributed by atoms with Crippen molar-refractivity contribution in [1.82, 2.24) is 5.43 Å². The van der Waals surface area contributed by atoms with Gasteiger partial charge < -0.3 is 4.74 Å². The van der Waals surface area contributed by atoms with Gasteiger partial charge in [0.1, 0.15) is 0 Å². The van der Waals surface area contributed by atoms with Crippen LogP contribution in [0.2, 0.25) is 0 Å². The molecule has 0 bridgehead atoms. The maximum absolute atomic E-state index is 11.4. The van der Waals surface area contributed by atoms with E-state index in [1.807, 2.05) is 12.1 Å². The Labute approximate surface area is 82.0 Å². The van der Waals surface area contributed by atoms with E-state index in [1.54, 1.807) is 6.07 Å². The smallest absolute Gasteiger partial charge is 0.265 e. The molecular weight excluding hydrogens is 180 g/mol. The first-order chi connectivity index (χ1) is 6.83. The molecule has 0 spiro atoms. The minimum atomic E-state index is -0.233. The van der Waals surface area contributed by atoms with E-state index in [0.717, 1.165) is 17.5 Å². The van der Waals surface area contributed by atoms with Crippen molar-refractivity contribution < 1.29 is 9.53 Å². The van der Waals surface area contributed by atoms with Crippen LogP contribution in [0.1, 0.15) is 21.5 Å². The third-order valence-corrected chi connectivity index (χ3v) is 2.40. The zero-order valence-electron chi connectivity index (χ0n) is 7.75. The number of amides is 1. The fraction of sp³-hybridized carbons (Fsp3) is 0.300. The van der Waals surface area contributed by atoms with Gasteiger partial charge in [0.25, 0.3) is 5.91 Å². The van der Waals surface area contributed by atoms with Crippen LogP contribution in [-0.2, 0) is 17.8 Å². The van der Waals surface area contributed by atoms with Gasteiger partial charge >= 0.3 is 0 Å². The second-order valence-electron chi connectivity index (χ2n) is 3.22. The van der Waals surface area contributed by atoms with Crippen molar-refractivity contribution >= 4 is 5.91 Å². The third kappa shape index (κ3) is 1.49. The molecule has 0 unspecified atom stereocenters. The number of hydrazine groups is 1. The molecule has 0 atom stereocenters. The Morgan fingerprint density at radius 1 is 1.50 bits per heavy atom. The van der Waals surface area contributed by atoms with Gasteiger partial charge in [-0.05, 0) is 23.6 Å². The lowest BCUT2D eigenvalue weighted by atomic mass is 9.97. The van der Waals surface area contributed by atoms with Crippen molar-refractivity contribution in [2.24, 2.45) is 5.84 Å². The summed E-state index contributed by atoms with van der Waals surface area (Å²) in [6, 6.07) is 5.60. The maximum atomic E-state index is 11.4. The van der Waals surface area contributed by atoms with Gasteiger partial charge in [-0.25, -0.2) is 5.84 Å². The summed E-state index contributed by atoms with van der Waals surface area (Å²) in [5.74, 6) is 4.87. The average Bonchev–Trinajstić information content (AvgIpc) is 2.27. The molecule has 1 amide bonds. The van der Waals surface area contributed by atoms with Gasteiger partial charge in [-0.2, -0.15) is 0 Å². The summed E-state index contributed by atoms with van der Waals surface area (Å²) < 4.78 is 5.30. The molecule has 0 fully saturated rings. The van der Waals surface area contributed by atoms with Crippen LogP contribution >= 0.6 is 0 Å². The first-order valence-electron chi connectivity index (χ1n) is 4.52. The lowest BCUT2D eigenvalue weighted by molar-refractivity contribution is 0.0941. The van der Waals surface area contributed by atoms with Crippen LogP contribution in [0.25, 0.3) is 0 Å². The standard InChI is InChI=1S/C10H12N2O2/c11-12-10(13)9-3-1-2-7-6-14-5-4-8(7)9/h1-3H,4-6,11H2,(H,12,13). The first kappa shape index (κ1) is 9.18. The van der Waals surface area contributed by atoms with E-state index in [4.69, 9.17) is 10.6 Å². The molecule has 14 heavy (non-hydrogen) atoms. The highest BCUT2D eigenvalue weighted by atomic mass is 16.5. The Balaban J connectivity index is 2.45. The van der Waals surface area contributed by atoms with Gasteiger partial charge in [0.05, 0.1) is 13.2 Å². The molecule has 1 aromatic rings. The van der Waals surface area contributed by atoms with Gasteiger partial charge in [0.2, 0.25) is 0 Å². The molecule has 1 aliphatic heterocycles. The molecule has 1 aromatic carbocycles. The highest BCUT2D eigenvalue weighted by molar-refractivity contribution is 5.95. The Kier molecular flexibility index (Phi) is 2.47. The largest absolute Gasteiger partial charge is 0.376 e. The van der Waals surface area contributed by atoms with E-state index in [9.17, 15) is 4.79 Å². The van der Waals surface area contributed by atoms with Gasteiger partial charge in [0, 0.05) is 5.56 Å². The summed E-state index contributed by atoms with van der Waals surface area (Å²) in [5.41, 5.74) is 4.95. The highest BCUT2D eigenvalue weighted by Gasteiger charge is 2.16. The second kappa shape index (κ2) is 3.77.